The van der Waals surface area contributed by atoms with Gasteiger partial charge >= 0.3 is 6.03 Å². The fourth-order valence-electron chi connectivity index (χ4n) is 3.91. The molecular weight excluding hydrogens is 370 g/mol. The predicted molar refractivity (Wildman–Crippen MR) is 109 cm³/mol. The Morgan fingerprint density at radius 1 is 1.28 bits per heavy atom. The zero-order valence-corrected chi connectivity index (χ0v) is 17.5. The van der Waals surface area contributed by atoms with Gasteiger partial charge in [0.05, 0.1) is 12.7 Å². The van der Waals surface area contributed by atoms with Crippen molar-refractivity contribution in [2.75, 3.05) is 6.54 Å². The molecule has 1 heterocycles. The van der Waals surface area contributed by atoms with Gasteiger partial charge in [0.25, 0.3) is 5.91 Å². The first-order valence-corrected chi connectivity index (χ1v) is 10.4. The Morgan fingerprint density at radius 2 is 1.97 bits per heavy atom. The molecule has 0 unspecified atom stereocenters. The number of imide groups is 1. The van der Waals surface area contributed by atoms with Crippen LogP contribution in [0.1, 0.15) is 57.6 Å². The molecule has 2 aliphatic rings. The molecule has 1 spiro atoms. The molecule has 158 valence electrons. The van der Waals surface area contributed by atoms with Gasteiger partial charge in [0, 0.05) is 6.54 Å². The first-order chi connectivity index (χ1) is 13.8. The fourth-order valence-corrected chi connectivity index (χ4v) is 3.91. The van der Waals surface area contributed by atoms with Gasteiger partial charge in [-0.1, -0.05) is 31.2 Å². The summed E-state index contributed by atoms with van der Waals surface area (Å²) in [5.41, 5.74) is 1.17. The summed E-state index contributed by atoms with van der Waals surface area (Å²) in [7, 11) is 0. The summed E-state index contributed by atoms with van der Waals surface area (Å²) < 4.78 is 5.61. The predicted octanol–water partition coefficient (Wildman–Crippen LogP) is 2.73. The first kappa shape index (κ1) is 21.3. The van der Waals surface area contributed by atoms with Crippen LogP contribution in [0.2, 0.25) is 0 Å². The molecule has 0 aromatic heterocycles. The van der Waals surface area contributed by atoms with Crippen molar-refractivity contribution in [3.63, 3.8) is 0 Å². The third-order valence-electron chi connectivity index (χ3n) is 5.74. The van der Waals surface area contributed by atoms with Gasteiger partial charge in [-0.3, -0.25) is 14.5 Å². The van der Waals surface area contributed by atoms with Crippen molar-refractivity contribution in [2.45, 2.75) is 71.2 Å². The lowest BCUT2D eigenvalue weighted by Crippen LogP contribution is -2.49. The molecule has 1 aromatic carbocycles. The van der Waals surface area contributed by atoms with Crippen molar-refractivity contribution in [2.24, 2.45) is 5.92 Å². The van der Waals surface area contributed by atoms with Crippen LogP contribution in [-0.2, 0) is 27.5 Å². The van der Waals surface area contributed by atoms with E-state index in [1.54, 1.807) is 0 Å². The summed E-state index contributed by atoms with van der Waals surface area (Å²) >= 11 is 0. The minimum Gasteiger partial charge on any atom is -0.374 e. The molecule has 1 aliphatic heterocycles. The minimum atomic E-state index is -0.811. The van der Waals surface area contributed by atoms with E-state index in [4.69, 9.17) is 4.74 Å². The van der Waals surface area contributed by atoms with E-state index < -0.39 is 11.6 Å². The van der Waals surface area contributed by atoms with E-state index in [2.05, 4.69) is 17.6 Å². The SMILES string of the molecule is CC1CCC2(CC1)NC(=O)N(CC(=O)NCc1cccc(COC(C)C)c1)C2=O. The van der Waals surface area contributed by atoms with Gasteiger partial charge in [-0.25, -0.2) is 4.79 Å². The van der Waals surface area contributed by atoms with Crippen LogP contribution in [0.25, 0.3) is 0 Å². The van der Waals surface area contributed by atoms with E-state index in [1.807, 2.05) is 38.1 Å². The molecule has 7 heteroatoms. The maximum absolute atomic E-state index is 12.8. The summed E-state index contributed by atoms with van der Waals surface area (Å²) in [6, 6.07) is 7.34. The van der Waals surface area contributed by atoms with Crippen LogP contribution in [0.4, 0.5) is 4.79 Å². The number of ether oxygens (including phenoxy) is 1. The number of nitrogens with zero attached hydrogens (tertiary/aromatic N) is 1. The van der Waals surface area contributed by atoms with Gasteiger partial charge in [-0.2, -0.15) is 0 Å². The highest BCUT2D eigenvalue weighted by Crippen LogP contribution is 2.36. The number of amides is 4. The molecular formula is C22H31N3O4. The molecule has 0 atom stereocenters. The van der Waals surface area contributed by atoms with Crippen LogP contribution in [0.15, 0.2) is 24.3 Å². The van der Waals surface area contributed by atoms with Crippen LogP contribution in [-0.4, -0.2) is 40.9 Å². The Bertz CT molecular complexity index is 769. The minimum absolute atomic E-state index is 0.151. The second-order valence-corrected chi connectivity index (χ2v) is 8.54. The van der Waals surface area contributed by atoms with Crippen molar-refractivity contribution in [1.29, 1.82) is 0 Å². The lowest BCUT2D eigenvalue weighted by atomic mass is 9.77. The molecule has 1 aliphatic carbocycles. The molecule has 2 N–H and O–H groups in total. The van der Waals surface area contributed by atoms with E-state index in [9.17, 15) is 14.4 Å². The fraction of sp³-hybridized carbons (Fsp3) is 0.591. The Hall–Kier alpha value is -2.41. The van der Waals surface area contributed by atoms with E-state index >= 15 is 0 Å². The Balaban J connectivity index is 1.53. The van der Waals surface area contributed by atoms with Crippen LogP contribution in [0.3, 0.4) is 0 Å². The van der Waals surface area contributed by atoms with Gasteiger partial charge in [0.1, 0.15) is 12.1 Å². The van der Waals surface area contributed by atoms with Gasteiger partial charge in [0.15, 0.2) is 0 Å². The Labute approximate surface area is 172 Å². The van der Waals surface area contributed by atoms with Crippen molar-refractivity contribution in [1.82, 2.24) is 15.5 Å². The summed E-state index contributed by atoms with van der Waals surface area (Å²) in [5.74, 6) is -0.0553. The monoisotopic (exact) mass is 401 g/mol. The van der Waals surface area contributed by atoms with E-state index in [0.29, 0.717) is 31.9 Å². The maximum Gasteiger partial charge on any atom is 0.325 e. The average Bonchev–Trinajstić information content (AvgIpc) is 2.92. The number of benzene rings is 1. The van der Waals surface area contributed by atoms with Crippen molar-refractivity contribution >= 4 is 17.8 Å². The topological polar surface area (TPSA) is 87.7 Å². The van der Waals surface area contributed by atoms with Gasteiger partial charge in [-0.05, 0) is 56.6 Å². The second kappa shape index (κ2) is 8.95. The first-order valence-electron chi connectivity index (χ1n) is 10.4. The number of hydrogen-bond acceptors (Lipinski definition) is 4. The number of nitrogens with one attached hydrogen (secondary N) is 2. The van der Waals surface area contributed by atoms with E-state index in [0.717, 1.165) is 28.9 Å². The standard InChI is InChI=1S/C22H31N3O4/c1-15(2)29-14-18-6-4-5-17(11-18)12-23-19(26)13-25-20(27)22(24-21(25)28)9-7-16(3)8-10-22/h4-6,11,15-16H,7-10,12-14H2,1-3H3,(H,23,26)(H,24,28). The summed E-state index contributed by atoms with van der Waals surface area (Å²) in [4.78, 5) is 38.6. The second-order valence-electron chi connectivity index (χ2n) is 8.54. The van der Waals surface area contributed by atoms with Crippen LogP contribution < -0.4 is 10.6 Å². The van der Waals surface area contributed by atoms with Crippen molar-refractivity contribution in [3.05, 3.63) is 35.4 Å². The zero-order chi connectivity index (χ0) is 21.0. The van der Waals surface area contributed by atoms with Gasteiger partial charge in [0.2, 0.25) is 5.91 Å². The quantitative estimate of drug-likeness (QED) is 0.688. The summed E-state index contributed by atoms with van der Waals surface area (Å²) in [5, 5.41) is 5.65. The molecule has 4 amide bonds. The van der Waals surface area contributed by atoms with Crippen LogP contribution in [0.5, 0.6) is 0 Å². The Kier molecular flexibility index (Phi) is 6.57. The molecule has 2 fully saturated rings. The highest BCUT2D eigenvalue weighted by Gasteiger charge is 2.52. The molecule has 3 rings (SSSR count). The van der Waals surface area contributed by atoms with Crippen molar-refractivity contribution in [3.8, 4) is 0 Å². The van der Waals surface area contributed by atoms with E-state index in [1.165, 1.54) is 0 Å². The Morgan fingerprint density at radius 3 is 2.66 bits per heavy atom. The third-order valence-corrected chi connectivity index (χ3v) is 5.74. The molecule has 1 saturated heterocycles. The van der Waals surface area contributed by atoms with Crippen molar-refractivity contribution < 1.29 is 19.1 Å². The largest absolute Gasteiger partial charge is 0.374 e. The molecule has 7 nitrogen and oxygen atoms in total. The van der Waals surface area contributed by atoms with E-state index in [-0.39, 0.29) is 24.5 Å². The van der Waals surface area contributed by atoms with Gasteiger partial charge in [-0.15, -0.1) is 0 Å². The molecule has 1 aromatic rings. The number of carbonyl (C=O) groups excluding carboxylic acids is 3. The van der Waals surface area contributed by atoms with Gasteiger partial charge < -0.3 is 15.4 Å². The zero-order valence-electron chi connectivity index (χ0n) is 17.5. The molecule has 0 radical (unpaired) electrons. The molecule has 29 heavy (non-hydrogen) atoms. The average molecular weight is 402 g/mol. The third kappa shape index (κ3) is 5.15. The number of rotatable bonds is 7. The summed E-state index contributed by atoms with van der Waals surface area (Å²) in [6.07, 6.45) is 3.24. The smallest absolute Gasteiger partial charge is 0.325 e. The van der Waals surface area contributed by atoms with Crippen LogP contribution in [0, 0.1) is 5.92 Å². The number of hydrogen-bond donors (Lipinski definition) is 2. The normalized spacial score (nSPS) is 24.3. The maximum atomic E-state index is 12.8. The highest BCUT2D eigenvalue weighted by molar-refractivity contribution is 6.09. The van der Waals surface area contributed by atoms with Crippen LogP contribution >= 0.6 is 0 Å². The molecule has 0 bridgehead atoms. The highest BCUT2D eigenvalue weighted by atomic mass is 16.5. The lowest BCUT2D eigenvalue weighted by Gasteiger charge is -2.33. The number of carbonyl (C=O) groups is 3. The lowest BCUT2D eigenvalue weighted by molar-refractivity contribution is -0.136. The number of urea groups is 1. The summed E-state index contributed by atoms with van der Waals surface area (Å²) in [6.45, 7) is 6.72. The molecule has 1 saturated carbocycles.